The largest absolute Gasteiger partial charge is 0.406 e. The maximum absolute atomic E-state index is 12.7. The van der Waals surface area contributed by atoms with Crippen LogP contribution in [0.3, 0.4) is 0 Å². The maximum Gasteiger partial charge on any atom is 0.406 e. The number of nitrogens with two attached hydrogens (primary N) is 1. The fourth-order valence-electron chi connectivity index (χ4n) is 2.38. The van der Waals surface area contributed by atoms with Crippen molar-refractivity contribution in [3.63, 3.8) is 0 Å². The van der Waals surface area contributed by atoms with Gasteiger partial charge in [0, 0.05) is 12.1 Å². The molecule has 2 rings (SSSR count). The highest BCUT2D eigenvalue weighted by molar-refractivity contribution is 5.09. The summed E-state index contributed by atoms with van der Waals surface area (Å²) in [6.45, 7) is 0. The van der Waals surface area contributed by atoms with Crippen LogP contribution in [-0.2, 0) is 0 Å². The zero-order chi connectivity index (χ0) is 11.1. The molecular formula is C10H17F3N2. The number of hydrogen-bond donors (Lipinski definition) is 2. The predicted molar refractivity (Wildman–Crippen MR) is 51.4 cm³/mol. The summed E-state index contributed by atoms with van der Waals surface area (Å²) in [5.41, 5.74) is 4.18. The molecule has 0 radical (unpaired) electrons. The molecule has 0 aromatic heterocycles. The topological polar surface area (TPSA) is 38.0 Å². The molecule has 3 N–H and O–H groups in total. The standard InChI is InChI=1S/C10H17F3N2/c11-10(12,13)9(4-5-9)15-8-3-1-2-7(14)6-8/h7-8,15H,1-6,14H2. The van der Waals surface area contributed by atoms with Crippen molar-refractivity contribution in [1.82, 2.24) is 5.32 Å². The lowest BCUT2D eigenvalue weighted by Crippen LogP contribution is -2.52. The second kappa shape index (κ2) is 3.63. The van der Waals surface area contributed by atoms with Gasteiger partial charge in [-0.1, -0.05) is 6.42 Å². The smallest absolute Gasteiger partial charge is 0.328 e. The Kier molecular flexibility index (Phi) is 2.71. The predicted octanol–water partition coefficient (Wildman–Crippen LogP) is 1.94. The molecule has 88 valence electrons. The van der Waals surface area contributed by atoms with Gasteiger partial charge in [-0.05, 0) is 32.1 Å². The number of rotatable bonds is 2. The minimum atomic E-state index is -4.10. The minimum absolute atomic E-state index is 0.0436. The zero-order valence-corrected chi connectivity index (χ0v) is 8.61. The summed E-state index contributed by atoms with van der Waals surface area (Å²) >= 11 is 0. The van der Waals surface area contributed by atoms with Gasteiger partial charge in [0.1, 0.15) is 5.54 Å². The van der Waals surface area contributed by atoms with Crippen LogP contribution in [0.2, 0.25) is 0 Å². The Morgan fingerprint density at radius 3 is 2.33 bits per heavy atom. The molecule has 0 aromatic rings. The third kappa shape index (κ3) is 2.28. The molecule has 0 heterocycles. The van der Waals surface area contributed by atoms with Crippen LogP contribution < -0.4 is 11.1 Å². The van der Waals surface area contributed by atoms with E-state index in [9.17, 15) is 13.2 Å². The van der Waals surface area contributed by atoms with E-state index in [1.165, 1.54) is 0 Å². The average Bonchev–Trinajstić information content (AvgIpc) is 2.84. The van der Waals surface area contributed by atoms with E-state index in [0.717, 1.165) is 19.3 Å². The van der Waals surface area contributed by atoms with Crippen molar-refractivity contribution in [3.05, 3.63) is 0 Å². The highest BCUT2D eigenvalue weighted by Crippen LogP contribution is 2.49. The summed E-state index contributed by atoms with van der Waals surface area (Å²) in [6, 6.07) is 0.0261. The molecule has 2 aliphatic rings. The van der Waals surface area contributed by atoms with Crippen molar-refractivity contribution in [2.45, 2.75) is 62.3 Å². The zero-order valence-electron chi connectivity index (χ0n) is 8.61. The summed E-state index contributed by atoms with van der Waals surface area (Å²) in [5, 5.41) is 2.77. The van der Waals surface area contributed by atoms with Gasteiger partial charge in [-0.2, -0.15) is 13.2 Å². The van der Waals surface area contributed by atoms with E-state index in [-0.39, 0.29) is 24.9 Å². The Balaban J connectivity index is 1.91. The monoisotopic (exact) mass is 222 g/mol. The second-order valence-electron chi connectivity index (χ2n) is 4.85. The molecule has 2 nitrogen and oxygen atoms in total. The van der Waals surface area contributed by atoms with Crippen molar-refractivity contribution in [2.24, 2.45) is 5.73 Å². The molecule has 2 fully saturated rings. The van der Waals surface area contributed by atoms with Gasteiger partial charge < -0.3 is 11.1 Å². The van der Waals surface area contributed by atoms with E-state index in [1.807, 2.05) is 0 Å². The Hall–Kier alpha value is -0.290. The van der Waals surface area contributed by atoms with Crippen LogP contribution in [0.25, 0.3) is 0 Å². The molecule has 15 heavy (non-hydrogen) atoms. The SMILES string of the molecule is NC1CCCC(NC2(C(F)(F)F)CC2)C1. The van der Waals surface area contributed by atoms with Crippen LogP contribution in [0.5, 0.6) is 0 Å². The number of hydrogen-bond acceptors (Lipinski definition) is 2. The quantitative estimate of drug-likeness (QED) is 0.749. The number of alkyl halides is 3. The summed E-state index contributed by atoms with van der Waals surface area (Å²) in [4.78, 5) is 0. The first-order valence-electron chi connectivity index (χ1n) is 5.53. The van der Waals surface area contributed by atoms with Gasteiger partial charge in [-0.3, -0.25) is 0 Å². The van der Waals surface area contributed by atoms with Crippen LogP contribution in [-0.4, -0.2) is 23.8 Å². The summed E-state index contributed by atoms with van der Waals surface area (Å²) in [5.74, 6) is 0. The van der Waals surface area contributed by atoms with Gasteiger partial charge in [-0.25, -0.2) is 0 Å². The highest BCUT2D eigenvalue weighted by Gasteiger charge is 2.63. The third-order valence-corrected chi connectivity index (χ3v) is 3.49. The number of nitrogens with one attached hydrogen (secondary N) is 1. The first kappa shape index (κ1) is 11.2. The van der Waals surface area contributed by atoms with Gasteiger partial charge in [0.15, 0.2) is 0 Å². The van der Waals surface area contributed by atoms with Crippen molar-refractivity contribution >= 4 is 0 Å². The molecule has 2 atom stereocenters. The summed E-state index contributed by atoms with van der Waals surface area (Å²) < 4.78 is 38.0. The van der Waals surface area contributed by atoms with Crippen LogP contribution in [0.1, 0.15) is 38.5 Å². The Bertz CT molecular complexity index is 235. The normalized spacial score (nSPS) is 35.2. The highest BCUT2D eigenvalue weighted by atomic mass is 19.4. The van der Waals surface area contributed by atoms with E-state index in [2.05, 4.69) is 5.32 Å². The maximum atomic E-state index is 12.7. The third-order valence-electron chi connectivity index (χ3n) is 3.49. The Labute approximate surface area is 87.4 Å². The van der Waals surface area contributed by atoms with E-state index in [1.54, 1.807) is 0 Å². The van der Waals surface area contributed by atoms with Crippen LogP contribution in [0.4, 0.5) is 13.2 Å². The Morgan fingerprint density at radius 1 is 1.20 bits per heavy atom. The van der Waals surface area contributed by atoms with Gasteiger partial charge in [0.2, 0.25) is 0 Å². The first-order valence-corrected chi connectivity index (χ1v) is 5.53. The molecule has 0 aromatic carbocycles. The fourth-order valence-corrected chi connectivity index (χ4v) is 2.38. The van der Waals surface area contributed by atoms with E-state index < -0.39 is 11.7 Å². The molecule has 2 unspecified atom stereocenters. The molecule has 2 saturated carbocycles. The van der Waals surface area contributed by atoms with Gasteiger partial charge in [0.25, 0.3) is 0 Å². The van der Waals surface area contributed by atoms with Gasteiger partial charge >= 0.3 is 6.18 Å². The molecule has 0 bridgehead atoms. The molecule has 5 heteroatoms. The van der Waals surface area contributed by atoms with Crippen molar-refractivity contribution in [3.8, 4) is 0 Å². The van der Waals surface area contributed by atoms with Crippen LogP contribution in [0, 0.1) is 0 Å². The lowest BCUT2D eigenvalue weighted by Gasteiger charge is -2.32. The first-order chi connectivity index (χ1) is 6.93. The molecule has 2 aliphatic carbocycles. The van der Waals surface area contributed by atoms with E-state index in [0.29, 0.717) is 6.42 Å². The minimum Gasteiger partial charge on any atom is -0.328 e. The van der Waals surface area contributed by atoms with E-state index >= 15 is 0 Å². The lowest BCUT2D eigenvalue weighted by molar-refractivity contribution is -0.168. The molecular weight excluding hydrogens is 205 g/mol. The van der Waals surface area contributed by atoms with Crippen LogP contribution in [0.15, 0.2) is 0 Å². The van der Waals surface area contributed by atoms with Gasteiger partial charge in [-0.15, -0.1) is 0 Å². The summed E-state index contributed by atoms with van der Waals surface area (Å²) in [7, 11) is 0. The van der Waals surface area contributed by atoms with E-state index in [4.69, 9.17) is 5.73 Å². The molecule has 0 amide bonds. The Morgan fingerprint density at radius 2 is 1.87 bits per heavy atom. The molecule has 0 aliphatic heterocycles. The van der Waals surface area contributed by atoms with Crippen molar-refractivity contribution in [2.75, 3.05) is 0 Å². The van der Waals surface area contributed by atoms with Crippen LogP contribution >= 0.6 is 0 Å². The lowest BCUT2D eigenvalue weighted by atomic mass is 9.91. The number of halogens is 3. The van der Waals surface area contributed by atoms with Gasteiger partial charge in [0.05, 0.1) is 0 Å². The van der Waals surface area contributed by atoms with Crippen molar-refractivity contribution in [1.29, 1.82) is 0 Å². The fraction of sp³-hybridized carbons (Fsp3) is 1.00. The summed E-state index contributed by atoms with van der Waals surface area (Å²) in [6.07, 6.45) is -0.271. The average molecular weight is 222 g/mol. The molecule has 0 spiro atoms. The molecule has 0 saturated heterocycles. The second-order valence-corrected chi connectivity index (χ2v) is 4.85. The van der Waals surface area contributed by atoms with Crippen molar-refractivity contribution < 1.29 is 13.2 Å².